The lowest BCUT2D eigenvalue weighted by Crippen LogP contribution is -2.41. The molecule has 9 heteroatoms. The van der Waals surface area contributed by atoms with Gasteiger partial charge in [0.2, 0.25) is 0 Å². The van der Waals surface area contributed by atoms with Crippen LogP contribution >= 0.6 is 0 Å². The molecule has 0 N–H and O–H groups in total. The van der Waals surface area contributed by atoms with Crippen molar-refractivity contribution in [2.75, 3.05) is 19.7 Å². The lowest BCUT2D eigenvalue weighted by Gasteiger charge is -2.35. The number of halogens is 1. The van der Waals surface area contributed by atoms with Gasteiger partial charge in [-0.05, 0) is 19.3 Å². The molecule has 0 bridgehead atoms. The summed E-state index contributed by atoms with van der Waals surface area (Å²) in [6.45, 7) is 6.29. The second-order valence-corrected chi connectivity index (χ2v) is 8.53. The van der Waals surface area contributed by atoms with Crippen molar-refractivity contribution in [3.8, 4) is 0 Å². The molecule has 1 unspecified atom stereocenters. The number of likely N-dealkylation sites (tertiary alicyclic amines) is 1. The fourth-order valence-electron chi connectivity index (χ4n) is 4.40. The van der Waals surface area contributed by atoms with Gasteiger partial charge >= 0.3 is 5.69 Å². The Morgan fingerprint density at radius 1 is 1.28 bits per heavy atom. The van der Waals surface area contributed by atoms with E-state index in [1.807, 2.05) is 12.2 Å². The van der Waals surface area contributed by atoms with Gasteiger partial charge in [0.1, 0.15) is 5.83 Å². The zero-order chi connectivity index (χ0) is 22.8. The van der Waals surface area contributed by atoms with E-state index in [2.05, 4.69) is 16.5 Å². The summed E-state index contributed by atoms with van der Waals surface area (Å²) in [7, 11) is 3.38. The second-order valence-electron chi connectivity index (χ2n) is 8.53. The molecular formula is C23H30FN5O3. The summed E-state index contributed by atoms with van der Waals surface area (Å²) in [5.41, 5.74) is 1.76. The third-order valence-corrected chi connectivity index (χ3v) is 6.31. The number of aromatic nitrogens is 4. The van der Waals surface area contributed by atoms with Crippen molar-refractivity contribution in [1.29, 1.82) is 0 Å². The predicted molar refractivity (Wildman–Crippen MR) is 121 cm³/mol. The van der Waals surface area contributed by atoms with Crippen LogP contribution in [0.25, 0.3) is 11.2 Å². The quantitative estimate of drug-likeness (QED) is 0.657. The fourth-order valence-corrected chi connectivity index (χ4v) is 4.40. The summed E-state index contributed by atoms with van der Waals surface area (Å²) in [4.78, 5) is 31.8. The molecule has 172 valence electrons. The number of allylic oxidation sites excluding steroid dienone is 2. The van der Waals surface area contributed by atoms with Gasteiger partial charge < -0.3 is 14.2 Å². The Balaban J connectivity index is 1.32. The van der Waals surface area contributed by atoms with Crippen LogP contribution in [0.2, 0.25) is 0 Å². The van der Waals surface area contributed by atoms with Crippen molar-refractivity contribution in [3.05, 3.63) is 63.0 Å². The van der Waals surface area contributed by atoms with Gasteiger partial charge in [-0.15, -0.1) is 0 Å². The SMILES string of the molecule is C=C1CC(OCC2=C(F)CCC=C2)CCN1CCCn1c(=O)c2c(ncn2C)n(C)c1=O. The van der Waals surface area contributed by atoms with Gasteiger partial charge in [0, 0.05) is 57.8 Å². The van der Waals surface area contributed by atoms with Gasteiger partial charge in [0.05, 0.1) is 19.0 Å². The van der Waals surface area contributed by atoms with Crippen molar-refractivity contribution in [3.63, 3.8) is 0 Å². The third kappa shape index (κ3) is 4.34. The molecule has 1 fully saturated rings. The molecule has 32 heavy (non-hydrogen) atoms. The lowest BCUT2D eigenvalue weighted by molar-refractivity contribution is 0.0357. The Bertz CT molecular complexity index is 1200. The number of aryl methyl sites for hydroxylation is 2. The van der Waals surface area contributed by atoms with Crippen molar-refractivity contribution >= 4 is 11.2 Å². The van der Waals surface area contributed by atoms with Crippen LogP contribution in [-0.4, -0.2) is 49.4 Å². The van der Waals surface area contributed by atoms with E-state index in [9.17, 15) is 14.0 Å². The monoisotopic (exact) mass is 443 g/mol. The first kappa shape index (κ1) is 22.3. The number of hydrogen-bond donors (Lipinski definition) is 0. The molecule has 1 aliphatic heterocycles. The number of nitrogens with zero attached hydrogens (tertiary/aromatic N) is 5. The van der Waals surface area contributed by atoms with Gasteiger partial charge in [0.15, 0.2) is 11.2 Å². The Hall–Kier alpha value is -2.94. The minimum Gasteiger partial charge on any atom is -0.375 e. The van der Waals surface area contributed by atoms with E-state index in [0.29, 0.717) is 55.7 Å². The second kappa shape index (κ2) is 9.28. The minimum absolute atomic E-state index is 0.0246. The molecule has 0 spiro atoms. The van der Waals surface area contributed by atoms with Crippen molar-refractivity contribution in [1.82, 2.24) is 23.6 Å². The minimum atomic E-state index is -0.356. The molecule has 1 aliphatic carbocycles. The first-order chi connectivity index (χ1) is 15.4. The summed E-state index contributed by atoms with van der Waals surface area (Å²) in [6, 6.07) is 0. The summed E-state index contributed by atoms with van der Waals surface area (Å²) in [5.74, 6) is -0.0746. The van der Waals surface area contributed by atoms with E-state index in [0.717, 1.165) is 25.1 Å². The third-order valence-electron chi connectivity index (χ3n) is 6.31. The lowest BCUT2D eigenvalue weighted by atomic mass is 10.0. The number of fused-ring (bicyclic) bond motifs is 1. The van der Waals surface area contributed by atoms with Crippen molar-refractivity contribution in [2.24, 2.45) is 14.1 Å². The first-order valence-corrected chi connectivity index (χ1v) is 11.1. The largest absolute Gasteiger partial charge is 0.375 e. The zero-order valence-corrected chi connectivity index (χ0v) is 18.7. The van der Waals surface area contributed by atoms with Crippen LogP contribution in [0.1, 0.15) is 32.1 Å². The summed E-state index contributed by atoms with van der Waals surface area (Å²) in [6.07, 6.45) is 8.75. The highest BCUT2D eigenvalue weighted by atomic mass is 19.1. The molecular weight excluding hydrogens is 413 g/mol. The molecule has 8 nitrogen and oxygen atoms in total. The van der Waals surface area contributed by atoms with E-state index in [-0.39, 0.29) is 23.2 Å². The maximum absolute atomic E-state index is 13.9. The van der Waals surface area contributed by atoms with Crippen LogP contribution in [0.3, 0.4) is 0 Å². The van der Waals surface area contributed by atoms with Crippen molar-refractivity contribution in [2.45, 2.75) is 44.8 Å². The molecule has 4 rings (SSSR count). The smallest absolute Gasteiger partial charge is 0.332 e. The van der Waals surface area contributed by atoms with Crippen molar-refractivity contribution < 1.29 is 9.13 Å². The molecule has 0 saturated carbocycles. The maximum atomic E-state index is 13.9. The van der Waals surface area contributed by atoms with Gasteiger partial charge in [-0.25, -0.2) is 14.2 Å². The molecule has 2 aliphatic rings. The van der Waals surface area contributed by atoms with Gasteiger partial charge in [-0.3, -0.25) is 13.9 Å². The maximum Gasteiger partial charge on any atom is 0.332 e. The fraction of sp³-hybridized carbons (Fsp3) is 0.522. The summed E-state index contributed by atoms with van der Waals surface area (Å²) in [5, 5.41) is 0. The Labute approximate surface area is 185 Å². The van der Waals surface area contributed by atoms with Crippen LogP contribution in [0.5, 0.6) is 0 Å². The number of imidazole rings is 1. The summed E-state index contributed by atoms with van der Waals surface area (Å²) < 4.78 is 24.1. The molecule has 0 amide bonds. The van der Waals surface area contributed by atoms with E-state index in [1.165, 1.54) is 9.13 Å². The van der Waals surface area contributed by atoms with E-state index < -0.39 is 0 Å². The normalized spacial score (nSPS) is 19.4. The Kier molecular flexibility index (Phi) is 6.45. The first-order valence-electron chi connectivity index (χ1n) is 11.1. The van der Waals surface area contributed by atoms with Crippen LogP contribution in [0.15, 0.2) is 51.7 Å². The van der Waals surface area contributed by atoms with Gasteiger partial charge in [-0.1, -0.05) is 18.7 Å². The topological polar surface area (TPSA) is 74.3 Å². The number of ether oxygens (including phenoxy) is 1. The van der Waals surface area contributed by atoms with Gasteiger partial charge in [-0.2, -0.15) is 0 Å². The highest BCUT2D eigenvalue weighted by molar-refractivity contribution is 5.69. The Morgan fingerprint density at radius 3 is 2.84 bits per heavy atom. The molecule has 2 aromatic heterocycles. The average molecular weight is 444 g/mol. The predicted octanol–water partition coefficient (Wildman–Crippen LogP) is 2.39. The van der Waals surface area contributed by atoms with Gasteiger partial charge in [0.25, 0.3) is 5.56 Å². The van der Waals surface area contributed by atoms with Crippen LogP contribution in [0, 0.1) is 0 Å². The number of piperidine rings is 1. The highest BCUT2D eigenvalue weighted by Crippen LogP contribution is 2.25. The molecule has 3 heterocycles. The molecule has 2 aromatic rings. The van der Waals surface area contributed by atoms with E-state index in [4.69, 9.17) is 4.74 Å². The molecule has 1 atom stereocenters. The standard InChI is InChI=1S/C23H30FN5O3/c1-16-13-18(32-14-17-7-4-5-8-19(17)24)9-12-28(16)10-6-11-29-22(30)20-21(25-15-26(20)2)27(3)23(29)31/h4,7,15,18H,1,5-6,8-14H2,2-3H3. The van der Waals surface area contributed by atoms with E-state index in [1.54, 1.807) is 25.0 Å². The Morgan fingerprint density at radius 2 is 2.09 bits per heavy atom. The summed E-state index contributed by atoms with van der Waals surface area (Å²) >= 11 is 0. The van der Waals surface area contributed by atoms with Crippen LogP contribution in [-0.2, 0) is 25.4 Å². The number of hydrogen-bond acceptors (Lipinski definition) is 5. The molecule has 1 saturated heterocycles. The number of rotatable bonds is 7. The van der Waals surface area contributed by atoms with E-state index >= 15 is 0 Å². The van der Waals surface area contributed by atoms with Crippen LogP contribution < -0.4 is 11.2 Å². The average Bonchev–Trinajstić information content (AvgIpc) is 3.17. The molecule has 0 aromatic carbocycles. The van der Waals surface area contributed by atoms with Crippen LogP contribution in [0.4, 0.5) is 4.39 Å². The molecule has 0 radical (unpaired) electrons. The highest BCUT2D eigenvalue weighted by Gasteiger charge is 2.23. The zero-order valence-electron chi connectivity index (χ0n) is 18.7.